The molecule has 0 amide bonds. The molecule has 2 aromatic rings. The van der Waals surface area contributed by atoms with Crippen molar-refractivity contribution in [1.29, 1.82) is 0 Å². The van der Waals surface area contributed by atoms with Crippen molar-refractivity contribution in [3.05, 3.63) is 54.3 Å². The zero-order valence-corrected chi connectivity index (χ0v) is 16.3. The summed E-state index contributed by atoms with van der Waals surface area (Å²) in [5, 5.41) is -1.09. The van der Waals surface area contributed by atoms with Gasteiger partial charge in [0.25, 0.3) is 10.0 Å². The average molecular weight is 434 g/mol. The van der Waals surface area contributed by atoms with Crippen LogP contribution in [0.4, 0.5) is 10.1 Å². The quantitative estimate of drug-likeness (QED) is 0.766. The third-order valence-electron chi connectivity index (χ3n) is 4.17. The van der Waals surface area contributed by atoms with Gasteiger partial charge in [0.05, 0.1) is 26.5 Å². The molecule has 0 aromatic heterocycles. The highest BCUT2D eigenvalue weighted by molar-refractivity contribution is 7.96. The molecule has 0 saturated carbocycles. The lowest BCUT2D eigenvalue weighted by molar-refractivity contribution is 0.582. The summed E-state index contributed by atoms with van der Waals surface area (Å²) < 4.78 is 88.7. The van der Waals surface area contributed by atoms with E-state index < -0.39 is 46.5 Å². The highest BCUT2D eigenvalue weighted by Gasteiger charge is 2.38. The Morgan fingerprint density at radius 2 is 1.59 bits per heavy atom. The van der Waals surface area contributed by atoms with Crippen molar-refractivity contribution in [2.45, 2.75) is 21.5 Å². The molecular weight excluding hydrogens is 417 g/mol. The van der Waals surface area contributed by atoms with Crippen LogP contribution in [0.3, 0.4) is 0 Å². The van der Waals surface area contributed by atoms with Crippen LogP contribution in [0.15, 0.2) is 58.3 Å². The van der Waals surface area contributed by atoms with Gasteiger partial charge in [-0.25, -0.2) is 29.6 Å². The fourth-order valence-corrected chi connectivity index (χ4v) is 8.33. The summed E-state index contributed by atoms with van der Waals surface area (Å²) in [6.45, 7) is 0. The fourth-order valence-electron chi connectivity index (χ4n) is 2.75. The van der Waals surface area contributed by atoms with Crippen molar-refractivity contribution in [3.8, 4) is 0 Å². The van der Waals surface area contributed by atoms with Gasteiger partial charge < -0.3 is 0 Å². The summed E-state index contributed by atoms with van der Waals surface area (Å²) in [4.78, 5) is -0.555. The van der Waals surface area contributed by atoms with Gasteiger partial charge in [-0.1, -0.05) is 6.07 Å². The Hall–Kier alpha value is -1.98. The van der Waals surface area contributed by atoms with Crippen molar-refractivity contribution >= 4 is 35.4 Å². The number of sulfonamides is 1. The van der Waals surface area contributed by atoms with Crippen molar-refractivity contribution in [1.82, 2.24) is 0 Å². The molecule has 3 rings (SSSR count). The summed E-state index contributed by atoms with van der Waals surface area (Å²) in [6.07, 6.45) is -0.0184. The molecule has 27 heavy (non-hydrogen) atoms. The Bertz CT molecular complexity index is 1170. The van der Waals surface area contributed by atoms with Crippen LogP contribution in [0.2, 0.25) is 0 Å². The lowest BCUT2D eigenvalue weighted by Crippen LogP contribution is -2.23. The summed E-state index contributed by atoms with van der Waals surface area (Å²) in [7, 11) is -11.5. The second kappa shape index (κ2) is 6.88. The lowest BCUT2D eigenvalue weighted by Gasteiger charge is -2.12. The summed E-state index contributed by atoms with van der Waals surface area (Å²) >= 11 is 0. The topological polar surface area (TPSA) is 114 Å². The Morgan fingerprint density at radius 1 is 0.963 bits per heavy atom. The maximum absolute atomic E-state index is 12.9. The van der Waals surface area contributed by atoms with Crippen LogP contribution in [-0.2, 0) is 29.7 Å². The van der Waals surface area contributed by atoms with Crippen LogP contribution in [0.1, 0.15) is 6.42 Å². The molecule has 0 unspecified atom stereocenters. The normalized spacial score (nSPS) is 19.7. The van der Waals surface area contributed by atoms with E-state index >= 15 is 0 Å². The molecule has 0 radical (unpaired) electrons. The molecule has 1 N–H and O–H groups in total. The van der Waals surface area contributed by atoms with E-state index in [4.69, 9.17) is 0 Å². The molecular formula is C16H16FNO6S3. The van der Waals surface area contributed by atoms with E-state index in [2.05, 4.69) is 4.72 Å². The molecule has 0 bridgehead atoms. The number of hydrogen-bond donors (Lipinski definition) is 1. The summed E-state index contributed by atoms with van der Waals surface area (Å²) in [6, 6.07) is 9.35. The first-order chi connectivity index (χ1) is 12.5. The monoisotopic (exact) mass is 433 g/mol. The van der Waals surface area contributed by atoms with Crippen LogP contribution in [0.5, 0.6) is 0 Å². The van der Waals surface area contributed by atoms with Crippen molar-refractivity contribution < 1.29 is 29.6 Å². The van der Waals surface area contributed by atoms with Gasteiger partial charge >= 0.3 is 0 Å². The molecule has 146 valence electrons. The maximum Gasteiger partial charge on any atom is 0.261 e. The predicted octanol–water partition coefficient (Wildman–Crippen LogP) is 1.59. The highest BCUT2D eigenvalue weighted by Crippen LogP contribution is 2.27. The molecule has 1 fully saturated rings. The van der Waals surface area contributed by atoms with E-state index in [1.54, 1.807) is 0 Å². The van der Waals surface area contributed by atoms with Gasteiger partial charge in [0.15, 0.2) is 19.7 Å². The van der Waals surface area contributed by atoms with Crippen LogP contribution >= 0.6 is 0 Å². The van der Waals surface area contributed by atoms with Crippen LogP contribution in [0, 0.1) is 5.82 Å². The number of nitrogens with one attached hydrogen (secondary N) is 1. The molecule has 7 nitrogen and oxygen atoms in total. The first-order valence-corrected chi connectivity index (χ1v) is 12.7. The van der Waals surface area contributed by atoms with Crippen molar-refractivity contribution in [3.63, 3.8) is 0 Å². The van der Waals surface area contributed by atoms with Gasteiger partial charge in [-0.3, -0.25) is 4.72 Å². The van der Waals surface area contributed by atoms with Gasteiger partial charge in [0.1, 0.15) is 5.82 Å². The number of benzene rings is 2. The molecule has 0 spiro atoms. The Kier molecular flexibility index (Phi) is 5.04. The van der Waals surface area contributed by atoms with Gasteiger partial charge in [-0.2, -0.15) is 0 Å². The van der Waals surface area contributed by atoms with Gasteiger partial charge in [0.2, 0.25) is 0 Å². The van der Waals surface area contributed by atoms with Crippen LogP contribution in [0.25, 0.3) is 0 Å². The number of rotatable bonds is 5. The molecule has 1 atom stereocenters. The van der Waals surface area contributed by atoms with Crippen LogP contribution in [-0.4, -0.2) is 42.0 Å². The van der Waals surface area contributed by atoms with E-state index in [-0.39, 0.29) is 27.7 Å². The zero-order valence-electron chi connectivity index (χ0n) is 13.9. The van der Waals surface area contributed by atoms with E-state index in [1.807, 2.05) is 0 Å². The van der Waals surface area contributed by atoms with Crippen molar-refractivity contribution in [2.24, 2.45) is 0 Å². The molecule has 0 aliphatic carbocycles. The molecule has 1 saturated heterocycles. The minimum absolute atomic E-state index is 0.0184. The molecule has 2 aromatic carbocycles. The lowest BCUT2D eigenvalue weighted by atomic mass is 10.3. The van der Waals surface area contributed by atoms with Crippen LogP contribution < -0.4 is 4.72 Å². The summed E-state index contributed by atoms with van der Waals surface area (Å²) in [5.74, 6) is -1.21. The fraction of sp³-hybridized carbons (Fsp3) is 0.250. The SMILES string of the molecule is O=S1(=O)CC[C@H](S(=O)(=O)c2cccc(S(=O)(=O)Nc3ccc(F)cc3)c2)C1. The van der Waals surface area contributed by atoms with E-state index in [0.29, 0.717) is 0 Å². The van der Waals surface area contributed by atoms with Gasteiger partial charge in [0, 0.05) is 5.69 Å². The molecule has 1 aliphatic heterocycles. The Labute approximate surface area is 157 Å². The Morgan fingerprint density at radius 3 is 2.19 bits per heavy atom. The third-order valence-corrected chi connectivity index (χ3v) is 9.72. The van der Waals surface area contributed by atoms with Crippen molar-refractivity contribution in [2.75, 3.05) is 16.2 Å². The molecule has 1 heterocycles. The highest BCUT2D eigenvalue weighted by atomic mass is 32.2. The minimum Gasteiger partial charge on any atom is -0.280 e. The molecule has 11 heteroatoms. The minimum atomic E-state index is -4.11. The maximum atomic E-state index is 12.9. The number of anilines is 1. The number of hydrogen-bond acceptors (Lipinski definition) is 6. The third kappa shape index (κ3) is 4.30. The summed E-state index contributed by atoms with van der Waals surface area (Å²) in [5.41, 5.74) is 0.117. The standard InChI is InChI=1S/C16H16FNO6S3/c17-12-4-6-13(7-5-12)18-27(23,24)15-3-1-2-14(10-15)26(21,22)16-8-9-25(19,20)11-16/h1-7,10,16,18H,8-9,11H2/t16-/m0/s1. The van der Waals surface area contributed by atoms with E-state index in [1.165, 1.54) is 30.3 Å². The van der Waals surface area contributed by atoms with Gasteiger partial charge in [-0.15, -0.1) is 0 Å². The Balaban J connectivity index is 1.92. The van der Waals surface area contributed by atoms with E-state index in [9.17, 15) is 29.6 Å². The average Bonchev–Trinajstić information content (AvgIpc) is 2.98. The largest absolute Gasteiger partial charge is 0.280 e. The molecule has 1 aliphatic rings. The second-order valence-corrected chi connectivity index (χ2v) is 12.3. The second-order valence-electron chi connectivity index (χ2n) is 6.16. The van der Waals surface area contributed by atoms with Gasteiger partial charge in [-0.05, 0) is 48.9 Å². The number of sulfone groups is 2. The predicted molar refractivity (Wildman–Crippen MR) is 97.9 cm³/mol. The smallest absolute Gasteiger partial charge is 0.261 e. The van der Waals surface area contributed by atoms with E-state index in [0.717, 1.165) is 18.2 Å². The zero-order chi connectivity index (χ0) is 19.9. The first-order valence-electron chi connectivity index (χ1n) is 7.82. The first kappa shape index (κ1) is 19.8. The number of halogens is 1.